The van der Waals surface area contributed by atoms with Gasteiger partial charge in [-0.05, 0) is 39.7 Å². The molecule has 0 atom stereocenters. The van der Waals surface area contributed by atoms with Crippen LogP contribution in [0.25, 0.3) is 6.08 Å². The minimum atomic E-state index is -0.206. The Morgan fingerprint density at radius 3 is 2.60 bits per heavy atom. The Morgan fingerprint density at radius 2 is 1.90 bits per heavy atom. The first kappa shape index (κ1) is 14.3. The standard InChI is InChI=1S/C16H14BrNO2/c1-20-14-9-5-8-13(11-14)18-16(19)15(17)10-12-6-3-2-4-7-12/h2-11H,1H3,(H,18,19)/b15-10-. The highest BCUT2D eigenvalue weighted by Gasteiger charge is 2.07. The molecule has 0 radical (unpaired) electrons. The fourth-order valence-corrected chi connectivity index (χ4v) is 2.02. The molecule has 102 valence electrons. The average molecular weight is 332 g/mol. The smallest absolute Gasteiger partial charge is 0.262 e. The van der Waals surface area contributed by atoms with Crippen LogP contribution in [-0.2, 0) is 4.79 Å². The second-order valence-electron chi connectivity index (χ2n) is 4.09. The van der Waals surface area contributed by atoms with Crippen LogP contribution in [0.1, 0.15) is 5.56 Å². The SMILES string of the molecule is COc1cccc(NC(=O)/C(Br)=C/c2ccccc2)c1. The van der Waals surface area contributed by atoms with Crippen molar-refractivity contribution in [1.29, 1.82) is 0 Å². The van der Waals surface area contributed by atoms with Gasteiger partial charge in [-0.15, -0.1) is 0 Å². The van der Waals surface area contributed by atoms with E-state index in [1.54, 1.807) is 19.3 Å². The number of nitrogens with one attached hydrogen (secondary N) is 1. The lowest BCUT2D eigenvalue weighted by molar-refractivity contribution is -0.112. The zero-order valence-electron chi connectivity index (χ0n) is 11.0. The van der Waals surface area contributed by atoms with Gasteiger partial charge >= 0.3 is 0 Å². The fraction of sp³-hybridized carbons (Fsp3) is 0.0625. The molecule has 0 aromatic heterocycles. The van der Waals surface area contributed by atoms with Gasteiger partial charge in [-0.3, -0.25) is 4.79 Å². The highest BCUT2D eigenvalue weighted by molar-refractivity contribution is 9.12. The molecular weight excluding hydrogens is 318 g/mol. The van der Waals surface area contributed by atoms with Gasteiger partial charge in [0, 0.05) is 11.8 Å². The molecule has 0 fully saturated rings. The molecule has 0 bridgehead atoms. The maximum absolute atomic E-state index is 12.0. The van der Waals surface area contributed by atoms with Gasteiger partial charge in [-0.2, -0.15) is 0 Å². The molecule has 0 aliphatic carbocycles. The van der Waals surface area contributed by atoms with Crippen LogP contribution in [0.15, 0.2) is 59.1 Å². The van der Waals surface area contributed by atoms with E-state index in [9.17, 15) is 4.79 Å². The molecule has 2 aromatic rings. The number of halogens is 1. The van der Waals surface area contributed by atoms with Gasteiger partial charge in [0.1, 0.15) is 5.75 Å². The van der Waals surface area contributed by atoms with Crippen LogP contribution in [0.5, 0.6) is 5.75 Å². The van der Waals surface area contributed by atoms with Crippen molar-refractivity contribution >= 4 is 33.6 Å². The Kier molecular flexibility index (Phi) is 4.96. The van der Waals surface area contributed by atoms with Crippen molar-refractivity contribution in [2.24, 2.45) is 0 Å². The van der Waals surface area contributed by atoms with Gasteiger partial charge in [0.15, 0.2) is 0 Å². The van der Waals surface area contributed by atoms with Gasteiger partial charge in [0.05, 0.1) is 11.6 Å². The molecule has 3 nitrogen and oxygen atoms in total. The number of carbonyl (C=O) groups excluding carboxylic acids is 1. The third-order valence-corrected chi connectivity index (χ3v) is 3.23. The first-order chi connectivity index (χ1) is 9.69. The van der Waals surface area contributed by atoms with E-state index in [2.05, 4.69) is 21.2 Å². The van der Waals surface area contributed by atoms with Crippen molar-refractivity contribution in [3.8, 4) is 5.75 Å². The van der Waals surface area contributed by atoms with E-state index in [0.29, 0.717) is 15.9 Å². The van der Waals surface area contributed by atoms with E-state index in [-0.39, 0.29) is 5.91 Å². The number of hydrogen-bond donors (Lipinski definition) is 1. The van der Waals surface area contributed by atoms with Crippen molar-refractivity contribution in [2.75, 3.05) is 12.4 Å². The predicted octanol–water partition coefficient (Wildman–Crippen LogP) is 4.07. The highest BCUT2D eigenvalue weighted by Crippen LogP contribution is 2.19. The number of anilines is 1. The minimum absolute atomic E-state index is 0.206. The summed E-state index contributed by atoms with van der Waals surface area (Å²) < 4.78 is 5.58. The summed E-state index contributed by atoms with van der Waals surface area (Å²) in [4.78, 5) is 12.0. The number of ether oxygens (including phenoxy) is 1. The molecule has 20 heavy (non-hydrogen) atoms. The summed E-state index contributed by atoms with van der Waals surface area (Å²) in [5, 5.41) is 2.80. The van der Waals surface area contributed by atoms with Crippen LogP contribution < -0.4 is 10.1 Å². The van der Waals surface area contributed by atoms with Crippen LogP contribution >= 0.6 is 15.9 Å². The molecule has 2 rings (SSSR count). The minimum Gasteiger partial charge on any atom is -0.497 e. The van der Waals surface area contributed by atoms with E-state index < -0.39 is 0 Å². The molecule has 0 heterocycles. The zero-order valence-corrected chi connectivity index (χ0v) is 12.6. The van der Waals surface area contributed by atoms with Crippen LogP contribution in [0.3, 0.4) is 0 Å². The van der Waals surface area contributed by atoms with E-state index in [4.69, 9.17) is 4.74 Å². The summed E-state index contributed by atoms with van der Waals surface area (Å²) in [5.74, 6) is 0.494. The number of amides is 1. The molecule has 0 aliphatic rings. The normalized spacial score (nSPS) is 11.0. The number of rotatable bonds is 4. The summed E-state index contributed by atoms with van der Waals surface area (Å²) in [7, 11) is 1.59. The lowest BCUT2D eigenvalue weighted by Crippen LogP contribution is -2.11. The first-order valence-electron chi connectivity index (χ1n) is 6.06. The lowest BCUT2D eigenvalue weighted by Gasteiger charge is -2.06. The predicted molar refractivity (Wildman–Crippen MR) is 85.0 cm³/mol. The van der Waals surface area contributed by atoms with E-state index in [1.807, 2.05) is 48.5 Å². The number of methoxy groups -OCH3 is 1. The monoisotopic (exact) mass is 331 g/mol. The molecule has 1 N–H and O–H groups in total. The Hall–Kier alpha value is -2.07. The quantitative estimate of drug-likeness (QED) is 0.857. The van der Waals surface area contributed by atoms with E-state index >= 15 is 0 Å². The van der Waals surface area contributed by atoms with Gasteiger partial charge in [0.25, 0.3) is 5.91 Å². The van der Waals surface area contributed by atoms with Gasteiger partial charge in [-0.25, -0.2) is 0 Å². The number of hydrogen-bond acceptors (Lipinski definition) is 2. The Labute approximate surface area is 126 Å². The average Bonchev–Trinajstić information content (AvgIpc) is 2.48. The van der Waals surface area contributed by atoms with Crippen molar-refractivity contribution in [1.82, 2.24) is 0 Å². The van der Waals surface area contributed by atoms with Gasteiger partial charge in [0.2, 0.25) is 0 Å². The van der Waals surface area contributed by atoms with Crippen LogP contribution in [-0.4, -0.2) is 13.0 Å². The fourth-order valence-electron chi connectivity index (χ4n) is 1.65. The number of carbonyl (C=O) groups is 1. The molecule has 2 aromatic carbocycles. The Bertz CT molecular complexity index is 623. The van der Waals surface area contributed by atoms with Gasteiger partial charge < -0.3 is 10.1 Å². The van der Waals surface area contributed by atoms with E-state index in [0.717, 1.165) is 5.56 Å². The second-order valence-corrected chi connectivity index (χ2v) is 4.94. The maximum Gasteiger partial charge on any atom is 0.262 e. The summed E-state index contributed by atoms with van der Waals surface area (Å²) >= 11 is 3.29. The van der Waals surface area contributed by atoms with E-state index in [1.165, 1.54) is 0 Å². The zero-order chi connectivity index (χ0) is 14.4. The molecular formula is C16H14BrNO2. The third-order valence-electron chi connectivity index (χ3n) is 2.64. The summed E-state index contributed by atoms with van der Waals surface area (Å²) in [6.07, 6.45) is 1.77. The Morgan fingerprint density at radius 1 is 1.15 bits per heavy atom. The number of benzene rings is 2. The maximum atomic E-state index is 12.0. The molecule has 1 amide bonds. The first-order valence-corrected chi connectivity index (χ1v) is 6.86. The highest BCUT2D eigenvalue weighted by atomic mass is 79.9. The van der Waals surface area contributed by atoms with Crippen LogP contribution in [0, 0.1) is 0 Å². The van der Waals surface area contributed by atoms with Crippen molar-refractivity contribution < 1.29 is 9.53 Å². The molecule has 0 unspecified atom stereocenters. The van der Waals surface area contributed by atoms with Crippen LogP contribution in [0.4, 0.5) is 5.69 Å². The second kappa shape index (κ2) is 6.91. The topological polar surface area (TPSA) is 38.3 Å². The molecule has 0 spiro atoms. The largest absolute Gasteiger partial charge is 0.497 e. The summed E-state index contributed by atoms with van der Waals surface area (Å²) in [6.45, 7) is 0. The third kappa shape index (κ3) is 3.96. The van der Waals surface area contributed by atoms with Crippen molar-refractivity contribution in [2.45, 2.75) is 0 Å². The Balaban J connectivity index is 2.09. The molecule has 0 aliphatic heterocycles. The van der Waals surface area contributed by atoms with Crippen LogP contribution in [0.2, 0.25) is 0 Å². The summed E-state index contributed by atoms with van der Waals surface area (Å²) in [6, 6.07) is 16.9. The molecule has 4 heteroatoms. The van der Waals surface area contributed by atoms with Crippen molar-refractivity contribution in [3.05, 3.63) is 64.6 Å². The van der Waals surface area contributed by atoms with Crippen molar-refractivity contribution in [3.63, 3.8) is 0 Å². The lowest BCUT2D eigenvalue weighted by atomic mass is 10.2. The summed E-state index contributed by atoms with van der Waals surface area (Å²) in [5.41, 5.74) is 1.65. The molecule has 0 saturated heterocycles. The van der Waals surface area contributed by atoms with Gasteiger partial charge in [-0.1, -0.05) is 36.4 Å². The molecule has 0 saturated carbocycles.